The van der Waals surface area contributed by atoms with E-state index in [0.29, 0.717) is 11.7 Å². The third-order valence-corrected chi connectivity index (χ3v) is 4.78. The lowest BCUT2D eigenvalue weighted by Gasteiger charge is -2.35. The number of ether oxygens (including phenoxy) is 1. The lowest BCUT2D eigenvalue weighted by molar-refractivity contribution is -0.142. The van der Waals surface area contributed by atoms with Crippen LogP contribution in [-0.2, 0) is 4.79 Å². The monoisotopic (exact) mass is 374 g/mol. The van der Waals surface area contributed by atoms with Gasteiger partial charge in [-0.3, -0.25) is 4.79 Å². The molecule has 0 radical (unpaired) electrons. The van der Waals surface area contributed by atoms with E-state index in [1.807, 2.05) is 99.6 Å². The van der Waals surface area contributed by atoms with Crippen molar-refractivity contribution in [3.05, 3.63) is 102 Å². The number of benzene rings is 3. The van der Waals surface area contributed by atoms with E-state index in [1.165, 1.54) is 5.56 Å². The highest BCUT2D eigenvalue weighted by molar-refractivity contribution is 5.77. The zero-order valence-corrected chi connectivity index (χ0v) is 17.0. The van der Waals surface area contributed by atoms with Crippen molar-refractivity contribution >= 4 is 5.97 Å². The Morgan fingerprint density at radius 1 is 0.750 bits per heavy atom. The fourth-order valence-corrected chi connectivity index (χ4v) is 3.12. The predicted molar refractivity (Wildman–Crippen MR) is 117 cm³/mol. The minimum atomic E-state index is -0.0978. The van der Waals surface area contributed by atoms with Gasteiger partial charge in [-0.2, -0.15) is 0 Å². The Hall–Kier alpha value is -2.87. The molecule has 1 aliphatic rings. The maximum Gasteiger partial charge on any atom is 0.314 e. The van der Waals surface area contributed by atoms with Crippen molar-refractivity contribution in [2.45, 2.75) is 39.5 Å². The Bertz CT molecular complexity index is 785. The Labute approximate surface area is 169 Å². The van der Waals surface area contributed by atoms with E-state index in [-0.39, 0.29) is 11.9 Å². The van der Waals surface area contributed by atoms with Crippen LogP contribution in [0.2, 0.25) is 0 Å². The lowest BCUT2D eigenvalue weighted by atomic mass is 9.70. The molecule has 1 aliphatic carbocycles. The first-order valence-corrected chi connectivity index (χ1v) is 10.1. The van der Waals surface area contributed by atoms with Gasteiger partial charge in [0.1, 0.15) is 5.75 Å². The van der Waals surface area contributed by atoms with Gasteiger partial charge in [-0.1, -0.05) is 98.8 Å². The van der Waals surface area contributed by atoms with Crippen molar-refractivity contribution < 1.29 is 9.53 Å². The number of carbonyl (C=O) groups excluding carboxylic acids is 1. The number of para-hydroxylation sites is 1. The number of hydrogen-bond acceptors (Lipinski definition) is 2. The summed E-state index contributed by atoms with van der Waals surface area (Å²) in [5.74, 6) is 0.889. The third-order valence-electron chi connectivity index (χ3n) is 4.78. The molecule has 0 amide bonds. The van der Waals surface area contributed by atoms with Crippen molar-refractivity contribution in [3.8, 4) is 5.75 Å². The molecule has 1 saturated carbocycles. The molecular weight excluding hydrogens is 344 g/mol. The molecule has 0 heterocycles. The van der Waals surface area contributed by atoms with Gasteiger partial charge in [-0.15, -0.1) is 0 Å². The van der Waals surface area contributed by atoms with Gasteiger partial charge in [0.15, 0.2) is 0 Å². The van der Waals surface area contributed by atoms with Crippen molar-refractivity contribution in [2.24, 2.45) is 5.92 Å². The topological polar surface area (TPSA) is 26.3 Å². The molecule has 3 aromatic rings. The summed E-state index contributed by atoms with van der Waals surface area (Å²) in [5, 5.41) is 0. The summed E-state index contributed by atoms with van der Waals surface area (Å²) in [7, 11) is 0. The standard InChI is InChI=1S/C18H18O2.C6H6.C2H6/c1-13-7-5-6-10-17(13)20-18(19)16-12-11-15(16)14-8-3-2-4-9-14;1-2-4-6-5-3-1;1-2/h2-10,15-16H,11-12H2,1H3;1-6H;1-2H3. The van der Waals surface area contributed by atoms with Crippen LogP contribution < -0.4 is 4.74 Å². The summed E-state index contributed by atoms with van der Waals surface area (Å²) in [4.78, 5) is 12.3. The van der Waals surface area contributed by atoms with E-state index in [2.05, 4.69) is 12.1 Å². The van der Waals surface area contributed by atoms with Gasteiger partial charge in [0.2, 0.25) is 0 Å². The summed E-state index contributed by atoms with van der Waals surface area (Å²) >= 11 is 0. The van der Waals surface area contributed by atoms with Gasteiger partial charge in [-0.05, 0) is 42.9 Å². The molecule has 2 unspecified atom stereocenters. The highest BCUT2D eigenvalue weighted by atomic mass is 16.5. The van der Waals surface area contributed by atoms with Gasteiger partial charge >= 0.3 is 5.97 Å². The second-order valence-corrected chi connectivity index (χ2v) is 6.54. The molecule has 0 spiro atoms. The van der Waals surface area contributed by atoms with Crippen LogP contribution in [0.4, 0.5) is 0 Å². The van der Waals surface area contributed by atoms with E-state index in [0.717, 1.165) is 18.4 Å². The molecule has 2 nitrogen and oxygen atoms in total. The zero-order valence-electron chi connectivity index (χ0n) is 17.0. The highest BCUT2D eigenvalue weighted by Gasteiger charge is 2.38. The Balaban J connectivity index is 0.000000296. The van der Waals surface area contributed by atoms with Crippen LogP contribution in [-0.4, -0.2) is 5.97 Å². The highest BCUT2D eigenvalue weighted by Crippen LogP contribution is 2.43. The third kappa shape index (κ3) is 6.09. The van der Waals surface area contributed by atoms with Gasteiger partial charge in [0.25, 0.3) is 0 Å². The van der Waals surface area contributed by atoms with E-state index >= 15 is 0 Å². The van der Waals surface area contributed by atoms with Crippen LogP contribution in [0.15, 0.2) is 91.0 Å². The molecule has 0 saturated heterocycles. The van der Waals surface area contributed by atoms with Crippen LogP contribution in [0.3, 0.4) is 0 Å². The van der Waals surface area contributed by atoms with Crippen LogP contribution in [0.25, 0.3) is 0 Å². The van der Waals surface area contributed by atoms with Gasteiger partial charge < -0.3 is 4.74 Å². The summed E-state index contributed by atoms with van der Waals surface area (Å²) in [6.07, 6.45) is 1.99. The Morgan fingerprint density at radius 3 is 1.75 bits per heavy atom. The largest absolute Gasteiger partial charge is 0.426 e. The van der Waals surface area contributed by atoms with E-state index in [4.69, 9.17) is 4.74 Å². The first kappa shape index (κ1) is 21.4. The second-order valence-electron chi connectivity index (χ2n) is 6.54. The molecule has 0 aliphatic heterocycles. The molecule has 1 fully saturated rings. The first-order chi connectivity index (χ1) is 13.8. The maximum absolute atomic E-state index is 12.3. The minimum Gasteiger partial charge on any atom is -0.426 e. The number of rotatable bonds is 3. The average Bonchev–Trinajstić information content (AvgIpc) is 2.73. The normalized spacial score (nSPS) is 17.0. The Kier molecular flexibility index (Phi) is 9.00. The fraction of sp³-hybridized carbons (Fsp3) is 0.269. The average molecular weight is 375 g/mol. The predicted octanol–water partition coefficient (Wildman–Crippen LogP) is 6.81. The molecule has 0 aromatic heterocycles. The minimum absolute atomic E-state index is 0.00277. The van der Waals surface area contributed by atoms with Crippen molar-refractivity contribution in [3.63, 3.8) is 0 Å². The van der Waals surface area contributed by atoms with Crippen molar-refractivity contribution in [1.82, 2.24) is 0 Å². The SMILES string of the molecule is CC.Cc1ccccc1OC(=O)C1CCC1c1ccccc1.c1ccccc1. The summed E-state index contributed by atoms with van der Waals surface area (Å²) in [6.45, 7) is 5.96. The Morgan fingerprint density at radius 2 is 1.25 bits per heavy atom. The van der Waals surface area contributed by atoms with Crippen molar-refractivity contribution in [1.29, 1.82) is 0 Å². The summed E-state index contributed by atoms with van der Waals surface area (Å²) in [6, 6.07) is 29.9. The van der Waals surface area contributed by atoms with E-state index in [1.54, 1.807) is 0 Å². The molecule has 28 heavy (non-hydrogen) atoms. The molecule has 2 heteroatoms. The van der Waals surface area contributed by atoms with Crippen LogP contribution in [0, 0.1) is 12.8 Å². The van der Waals surface area contributed by atoms with Crippen LogP contribution in [0.1, 0.15) is 43.7 Å². The van der Waals surface area contributed by atoms with Crippen LogP contribution in [0.5, 0.6) is 5.75 Å². The van der Waals surface area contributed by atoms with Gasteiger partial charge in [0, 0.05) is 0 Å². The maximum atomic E-state index is 12.3. The first-order valence-electron chi connectivity index (χ1n) is 10.1. The zero-order chi connectivity index (χ0) is 20.2. The number of esters is 1. The molecule has 2 atom stereocenters. The molecule has 3 aromatic carbocycles. The smallest absolute Gasteiger partial charge is 0.314 e. The van der Waals surface area contributed by atoms with Crippen molar-refractivity contribution in [2.75, 3.05) is 0 Å². The second kappa shape index (κ2) is 11.8. The van der Waals surface area contributed by atoms with Crippen LogP contribution >= 0.6 is 0 Å². The van der Waals surface area contributed by atoms with E-state index in [9.17, 15) is 4.79 Å². The lowest BCUT2D eigenvalue weighted by Crippen LogP contribution is -2.34. The molecule has 4 rings (SSSR count). The number of carbonyl (C=O) groups is 1. The number of aryl methyl sites for hydroxylation is 1. The number of hydrogen-bond donors (Lipinski definition) is 0. The fourth-order valence-electron chi connectivity index (χ4n) is 3.12. The van der Waals surface area contributed by atoms with E-state index < -0.39 is 0 Å². The quantitative estimate of drug-likeness (QED) is 0.372. The molecular formula is C26H30O2. The van der Waals surface area contributed by atoms with Gasteiger partial charge in [0.05, 0.1) is 5.92 Å². The molecule has 146 valence electrons. The summed E-state index contributed by atoms with van der Waals surface area (Å²) < 4.78 is 5.56. The van der Waals surface area contributed by atoms with Gasteiger partial charge in [-0.25, -0.2) is 0 Å². The molecule has 0 bridgehead atoms. The molecule has 0 N–H and O–H groups in total. The summed E-state index contributed by atoms with van der Waals surface area (Å²) in [5.41, 5.74) is 2.24.